The van der Waals surface area contributed by atoms with Gasteiger partial charge in [-0.25, -0.2) is 14.0 Å². The Morgan fingerprint density at radius 2 is 1.70 bits per heavy atom. The summed E-state index contributed by atoms with van der Waals surface area (Å²) in [6.45, 7) is 10.6. The molecule has 3 fully saturated rings. The van der Waals surface area contributed by atoms with E-state index < -0.39 is 69.3 Å². The molecule has 5 rings (SSSR count). The van der Waals surface area contributed by atoms with Gasteiger partial charge in [-0.15, -0.1) is 0 Å². The van der Waals surface area contributed by atoms with Gasteiger partial charge in [0.25, 0.3) is 0 Å². The predicted molar refractivity (Wildman–Crippen MR) is 169 cm³/mol. The Balaban J connectivity index is 1.45. The van der Waals surface area contributed by atoms with Crippen molar-refractivity contribution < 1.29 is 43.6 Å². The topological polar surface area (TPSA) is 130 Å². The maximum Gasteiger partial charge on any atom is 0.331 e. The van der Waals surface area contributed by atoms with E-state index in [1.807, 2.05) is 33.8 Å². The highest BCUT2D eigenvalue weighted by atomic mass is 19.1. The molecule has 0 spiro atoms. The summed E-state index contributed by atoms with van der Waals surface area (Å²) in [5.74, 6) is -2.69. The fourth-order valence-electron chi connectivity index (χ4n) is 8.96. The number of ether oxygens (including phenoxy) is 2. The minimum Gasteiger partial charge on any atom is -0.459 e. The van der Waals surface area contributed by atoms with E-state index in [0.29, 0.717) is 19.3 Å². The van der Waals surface area contributed by atoms with Gasteiger partial charge in [0.2, 0.25) is 0 Å². The van der Waals surface area contributed by atoms with E-state index >= 15 is 0 Å². The maximum absolute atomic E-state index is 14.0. The first-order valence-electron chi connectivity index (χ1n) is 16.3. The van der Waals surface area contributed by atoms with Crippen LogP contribution in [-0.2, 0) is 23.9 Å². The lowest BCUT2D eigenvalue weighted by molar-refractivity contribution is -0.314. The maximum atomic E-state index is 14.0. The van der Waals surface area contributed by atoms with E-state index in [1.54, 1.807) is 25.1 Å². The number of esters is 2. The van der Waals surface area contributed by atoms with Crippen molar-refractivity contribution in [2.45, 2.75) is 115 Å². The first-order chi connectivity index (χ1) is 21.4. The van der Waals surface area contributed by atoms with Crippen molar-refractivity contribution in [1.82, 2.24) is 0 Å². The molecule has 1 aromatic rings. The molecule has 4 aliphatic carbocycles. The Labute approximate surface area is 270 Å². The van der Waals surface area contributed by atoms with Crippen molar-refractivity contribution in [1.29, 1.82) is 0 Å². The van der Waals surface area contributed by atoms with Crippen molar-refractivity contribution in [2.75, 3.05) is 0 Å². The highest BCUT2D eigenvalue weighted by Gasteiger charge is 2.81. The molecule has 1 aromatic carbocycles. The summed E-state index contributed by atoms with van der Waals surface area (Å²) >= 11 is 0. The Morgan fingerprint density at radius 3 is 2.35 bits per heavy atom. The summed E-state index contributed by atoms with van der Waals surface area (Å²) in [5.41, 5.74) is -5.96. The number of ketones is 1. The summed E-state index contributed by atoms with van der Waals surface area (Å²) in [5, 5.41) is 37.1. The smallest absolute Gasteiger partial charge is 0.331 e. The number of benzene rings is 1. The standard InChI is InChI=1S/C37H47FO8/c1-22(2)23(3)19-32(41)46-30-21-29-33(5)15-14-27(45-31(40)12-11-25-9-7-8-10-28(25)38)20-26(33)13-16-36(29,43)37(44)18-17-35(42,24(4)39)34(30,37)6/h7-13,19,22,27,29-30,42-44H,14-18,20-21H2,1-6H3/b12-11+,23-19+/t27-,29?,30+,33-,34+,35+,36-,37+/m0/s1. The summed E-state index contributed by atoms with van der Waals surface area (Å²) in [6, 6.07) is 6.13. The second-order valence-electron chi connectivity index (χ2n) is 14.7. The molecule has 8 nitrogen and oxygen atoms in total. The Bertz CT molecular complexity index is 1510. The number of hydrogen-bond donors (Lipinski definition) is 3. The van der Waals surface area contributed by atoms with E-state index in [2.05, 4.69) is 0 Å². The van der Waals surface area contributed by atoms with Crippen LogP contribution in [0.2, 0.25) is 0 Å². The molecule has 1 unspecified atom stereocenters. The lowest BCUT2D eigenvalue weighted by atomic mass is 9.42. The second-order valence-corrected chi connectivity index (χ2v) is 14.7. The van der Waals surface area contributed by atoms with Gasteiger partial charge in [-0.3, -0.25) is 4.79 Å². The zero-order valence-corrected chi connectivity index (χ0v) is 27.6. The molecular formula is C37H47FO8. The number of allylic oxidation sites excluding steroid dienone is 1. The van der Waals surface area contributed by atoms with Crippen LogP contribution < -0.4 is 0 Å². The molecule has 8 atom stereocenters. The van der Waals surface area contributed by atoms with E-state index in [4.69, 9.17) is 9.47 Å². The molecule has 46 heavy (non-hydrogen) atoms. The molecule has 0 bridgehead atoms. The van der Waals surface area contributed by atoms with Crippen LogP contribution in [0.3, 0.4) is 0 Å². The van der Waals surface area contributed by atoms with Crippen molar-refractivity contribution >= 4 is 23.8 Å². The van der Waals surface area contributed by atoms with E-state index in [0.717, 1.165) is 11.1 Å². The van der Waals surface area contributed by atoms with Crippen LogP contribution in [0.5, 0.6) is 0 Å². The van der Waals surface area contributed by atoms with E-state index in [9.17, 15) is 34.1 Å². The summed E-state index contributed by atoms with van der Waals surface area (Å²) in [4.78, 5) is 38.9. The molecule has 0 heterocycles. The minimum absolute atomic E-state index is 0.0463. The Kier molecular flexibility index (Phi) is 8.80. The number of hydrogen-bond acceptors (Lipinski definition) is 8. The van der Waals surface area contributed by atoms with Gasteiger partial charge in [-0.2, -0.15) is 0 Å². The van der Waals surface area contributed by atoms with Crippen LogP contribution in [0, 0.1) is 28.5 Å². The van der Waals surface area contributed by atoms with E-state index in [1.165, 1.54) is 31.2 Å². The van der Waals surface area contributed by atoms with Crippen LogP contribution in [-0.4, -0.2) is 62.1 Å². The third-order valence-corrected chi connectivity index (χ3v) is 12.2. The van der Waals surface area contributed by atoms with Crippen LogP contribution in [0.25, 0.3) is 6.08 Å². The molecule has 0 aliphatic heterocycles. The highest BCUT2D eigenvalue weighted by Crippen LogP contribution is 2.71. The largest absolute Gasteiger partial charge is 0.459 e. The van der Waals surface area contributed by atoms with E-state index in [-0.39, 0.29) is 37.2 Å². The average molecular weight is 639 g/mol. The predicted octanol–water partition coefficient (Wildman–Crippen LogP) is 5.39. The molecule has 3 saturated carbocycles. The number of carbonyl (C=O) groups is 3. The van der Waals surface area contributed by atoms with Crippen LogP contribution >= 0.6 is 0 Å². The Morgan fingerprint density at radius 1 is 1.00 bits per heavy atom. The van der Waals surface area contributed by atoms with Crippen LogP contribution in [0.4, 0.5) is 4.39 Å². The van der Waals surface area contributed by atoms with Gasteiger partial charge in [0.15, 0.2) is 5.78 Å². The zero-order chi connectivity index (χ0) is 33.9. The number of Topliss-reactive ketones (excluding diaryl/α,β-unsaturated/α-hetero) is 1. The van der Waals surface area contributed by atoms with Crippen LogP contribution in [0.1, 0.15) is 92.1 Å². The van der Waals surface area contributed by atoms with Gasteiger partial charge < -0.3 is 24.8 Å². The van der Waals surface area contributed by atoms with Crippen LogP contribution in [0.15, 0.2) is 53.6 Å². The molecule has 0 saturated heterocycles. The van der Waals surface area contributed by atoms with Gasteiger partial charge in [0.05, 0.1) is 5.41 Å². The van der Waals surface area contributed by atoms with Crippen molar-refractivity contribution in [2.24, 2.45) is 22.7 Å². The first-order valence-corrected chi connectivity index (χ1v) is 16.3. The number of halogens is 1. The second kappa shape index (κ2) is 11.8. The van der Waals surface area contributed by atoms with Gasteiger partial charge in [0, 0.05) is 30.1 Å². The minimum atomic E-state index is -2.02. The van der Waals surface area contributed by atoms with Gasteiger partial charge in [-0.1, -0.05) is 56.2 Å². The fraction of sp³-hybridized carbons (Fsp3) is 0.595. The fourth-order valence-corrected chi connectivity index (χ4v) is 8.96. The SMILES string of the molecule is CC(=O)[C@]1(O)CC[C@@]2(O)[C@]1(C)[C@H](OC(=O)/C=C(\C)C(C)C)CC1[C@@]3(C)CC[C@H](OC(=O)/C=C/c4ccccc4F)CC3=CC[C@]12O. The average Bonchev–Trinajstić information content (AvgIpc) is 3.22. The number of carbonyl (C=O) groups excluding carboxylic acids is 3. The normalized spacial score (nSPS) is 38.9. The molecule has 9 heteroatoms. The lowest BCUT2D eigenvalue weighted by Crippen LogP contribution is -2.78. The molecular weight excluding hydrogens is 591 g/mol. The zero-order valence-electron chi connectivity index (χ0n) is 27.6. The molecule has 0 aromatic heterocycles. The monoisotopic (exact) mass is 638 g/mol. The molecule has 0 radical (unpaired) electrons. The molecule has 0 amide bonds. The Hall–Kier alpha value is -3.14. The highest BCUT2D eigenvalue weighted by molar-refractivity contribution is 5.88. The van der Waals surface area contributed by atoms with Gasteiger partial charge in [-0.05, 0) is 82.8 Å². The first kappa shape index (κ1) is 34.2. The summed E-state index contributed by atoms with van der Waals surface area (Å²) in [6.07, 6.45) is 5.85. The van der Waals surface area contributed by atoms with Gasteiger partial charge >= 0.3 is 11.9 Å². The quantitative estimate of drug-likeness (QED) is 0.206. The third-order valence-electron chi connectivity index (χ3n) is 12.2. The number of fused-ring (bicyclic) bond motifs is 5. The number of aliphatic hydroxyl groups is 3. The third kappa shape index (κ3) is 5.10. The van der Waals surface area contributed by atoms with Gasteiger partial charge in [0.1, 0.15) is 34.8 Å². The van der Waals surface area contributed by atoms with Crippen molar-refractivity contribution in [3.8, 4) is 0 Å². The summed E-state index contributed by atoms with van der Waals surface area (Å²) < 4.78 is 25.8. The molecule has 4 aliphatic rings. The van der Waals surface area contributed by atoms with Crippen molar-refractivity contribution in [3.05, 3.63) is 65.0 Å². The summed E-state index contributed by atoms with van der Waals surface area (Å²) in [7, 11) is 0. The molecule has 250 valence electrons. The molecule has 3 N–H and O–H groups in total. The number of rotatable bonds is 7. The lowest BCUT2D eigenvalue weighted by Gasteiger charge is -2.67. The van der Waals surface area contributed by atoms with Crippen molar-refractivity contribution in [3.63, 3.8) is 0 Å².